The summed E-state index contributed by atoms with van der Waals surface area (Å²) in [4.78, 5) is 32.5. The monoisotopic (exact) mass is 438 g/mol. The molecule has 1 aliphatic heterocycles. The van der Waals surface area contributed by atoms with Crippen molar-refractivity contribution in [3.63, 3.8) is 0 Å². The lowest BCUT2D eigenvalue weighted by atomic mass is 9.95. The Labute approximate surface area is 182 Å². The topological polar surface area (TPSA) is 79.7 Å². The Kier molecular flexibility index (Phi) is 5.32. The number of carbonyl (C=O) groups is 2. The van der Waals surface area contributed by atoms with E-state index in [1.165, 1.54) is 41.5 Å². The number of hydrogen-bond donors (Lipinski definition) is 1. The average Bonchev–Trinajstić information content (AvgIpc) is 3.23. The number of anilines is 1. The zero-order valence-electron chi connectivity index (χ0n) is 17.0. The summed E-state index contributed by atoms with van der Waals surface area (Å²) in [5.41, 5.74) is 0.934. The van der Waals surface area contributed by atoms with Crippen molar-refractivity contribution in [1.82, 2.24) is 4.98 Å². The maximum absolute atomic E-state index is 14.8. The number of nitrogens with zero attached hydrogens (tertiary/aromatic N) is 2. The van der Waals surface area contributed by atoms with Crippen LogP contribution in [0.15, 0.2) is 54.1 Å². The number of aromatic nitrogens is 1. The summed E-state index contributed by atoms with van der Waals surface area (Å²) in [5.74, 6) is -2.17. The molecule has 0 spiro atoms. The van der Waals surface area contributed by atoms with Crippen molar-refractivity contribution in [2.75, 3.05) is 12.0 Å². The molecule has 1 N–H and O–H groups in total. The lowest BCUT2D eigenvalue weighted by Crippen LogP contribution is -2.29. The van der Waals surface area contributed by atoms with Gasteiger partial charge in [0.2, 0.25) is 0 Å². The Hall–Kier alpha value is -3.52. The number of aliphatic hydroxyl groups is 1. The van der Waals surface area contributed by atoms with Crippen LogP contribution in [-0.4, -0.2) is 28.9 Å². The molecule has 0 radical (unpaired) electrons. The van der Waals surface area contributed by atoms with Crippen LogP contribution in [-0.2, 0) is 9.59 Å². The van der Waals surface area contributed by atoms with Crippen LogP contribution in [0.4, 0.5) is 9.52 Å². The molecule has 1 aromatic heterocycles. The van der Waals surface area contributed by atoms with Crippen molar-refractivity contribution >= 4 is 33.9 Å². The first-order chi connectivity index (χ1) is 14.8. The van der Waals surface area contributed by atoms with Crippen molar-refractivity contribution in [3.8, 4) is 5.75 Å². The fraction of sp³-hybridized carbons (Fsp3) is 0.174. The molecular weight excluding hydrogens is 419 g/mol. The largest absolute Gasteiger partial charge is 0.507 e. The van der Waals surface area contributed by atoms with Crippen LogP contribution in [0.25, 0.3) is 5.76 Å². The summed E-state index contributed by atoms with van der Waals surface area (Å²) in [6.07, 6.45) is 0. The third-order valence-electron chi connectivity index (χ3n) is 5.23. The van der Waals surface area contributed by atoms with E-state index in [2.05, 4.69) is 4.98 Å². The van der Waals surface area contributed by atoms with Crippen LogP contribution in [0.1, 0.15) is 27.7 Å². The van der Waals surface area contributed by atoms with Gasteiger partial charge in [0.05, 0.1) is 18.4 Å². The number of ether oxygens (including phenoxy) is 1. The molecule has 1 saturated heterocycles. The van der Waals surface area contributed by atoms with Crippen LogP contribution >= 0.6 is 11.3 Å². The third-order valence-corrected chi connectivity index (χ3v) is 6.30. The summed E-state index contributed by atoms with van der Waals surface area (Å²) in [6, 6.07) is 11.1. The summed E-state index contributed by atoms with van der Waals surface area (Å²) < 4.78 is 19.9. The Morgan fingerprint density at radius 3 is 2.39 bits per heavy atom. The Morgan fingerprint density at radius 2 is 1.81 bits per heavy atom. The molecule has 158 valence electrons. The number of Topliss-reactive ketones (excluding diaryl/α,β-unsaturated/α-hetero) is 1. The highest BCUT2D eigenvalue weighted by molar-refractivity contribution is 7.16. The Morgan fingerprint density at radius 1 is 1.13 bits per heavy atom. The molecule has 1 atom stereocenters. The van der Waals surface area contributed by atoms with E-state index in [9.17, 15) is 19.1 Å². The smallest absolute Gasteiger partial charge is 0.301 e. The number of aliphatic hydroxyl groups excluding tert-OH is 1. The van der Waals surface area contributed by atoms with Gasteiger partial charge in [0, 0.05) is 16.0 Å². The normalized spacial score (nSPS) is 17.9. The van der Waals surface area contributed by atoms with E-state index >= 15 is 0 Å². The van der Waals surface area contributed by atoms with Gasteiger partial charge in [-0.2, -0.15) is 0 Å². The molecule has 8 heteroatoms. The molecule has 1 fully saturated rings. The molecule has 2 heterocycles. The predicted molar refractivity (Wildman–Crippen MR) is 116 cm³/mol. The number of amides is 1. The number of ketones is 1. The Balaban J connectivity index is 1.95. The minimum Gasteiger partial charge on any atom is -0.507 e. The summed E-state index contributed by atoms with van der Waals surface area (Å²) in [6.45, 7) is 3.64. The molecule has 31 heavy (non-hydrogen) atoms. The van der Waals surface area contributed by atoms with E-state index in [0.29, 0.717) is 17.0 Å². The van der Waals surface area contributed by atoms with Gasteiger partial charge in [0.25, 0.3) is 5.78 Å². The second kappa shape index (κ2) is 7.96. The van der Waals surface area contributed by atoms with E-state index in [4.69, 9.17) is 4.74 Å². The van der Waals surface area contributed by atoms with Gasteiger partial charge in [-0.1, -0.05) is 18.2 Å². The molecule has 3 aromatic rings. The van der Waals surface area contributed by atoms with Crippen LogP contribution in [0.2, 0.25) is 0 Å². The van der Waals surface area contributed by atoms with Crippen LogP contribution in [0, 0.1) is 19.7 Å². The average molecular weight is 438 g/mol. The van der Waals surface area contributed by atoms with Gasteiger partial charge in [-0.3, -0.25) is 14.5 Å². The number of thiazole rings is 1. The van der Waals surface area contributed by atoms with Gasteiger partial charge in [-0.05, 0) is 44.2 Å². The summed E-state index contributed by atoms with van der Waals surface area (Å²) >= 11 is 1.23. The number of methoxy groups -OCH3 is 1. The van der Waals surface area contributed by atoms with Gasteiger partial charge in [0.15, 0.2) is 5.13 Å². The van der Waals surface area contributed by atoms with Gasteiger partial charge in [-0.25, -0.2) is 9.37 Å². The van der Waals surface area contributed by atoms with Crippen LogP contribution < -0.4 is 9.64 Å². The second-order valence-corrected chi connectivity index (χ2v) is 8.24. The van der Waals surface area contributed by atoms with E-state index in [-0.39, 0.29) is 22.0 Å². The van der Waals surface area contributed by atoms with Crippen molar-refractivity contribution < 1.29 is 23.8 Å². The zero-order valence-corrected chi connectivity index (χ0v) is 17.9. The molecule has 0 bridgehead atoms. The van der Waals surface area contributed by atoms with E-state index < -0.39 is 23.5 Å². The zero-order chi connectivity index (χ0) is 22.3. The minimum absolute atomic E-state index is 0.0993. The number of carbonyl (C=O) groups excluding carboxylic acids is 2. The molecule has 1 amide bonds. The number of hydrogen-bond acceptors (Lipinski definition) is 6. The summed E-state index contributed by atoms with van der Waals surface area (Å²) in [5, 5.41) is 11.3. The lowest BCUT2D eigenvalue weighted by molar-refractivity contribution is -0.132. The molecular formula is C23H19FN2O4S. The fourth-order valence-electron chi connectivity index (χ4n) is 3.48. The molecule has 4 rings (SSSR count). The van der Waals surface area contributed by atoms with E-state index in [0.717, 1.165) is 4.88 Å². The molecule has 1 aliphatic rings. The number of halogens is 1. The lowest BCUT2D eigenvalue weighted by Gasteiger charge is -2.23. The van der Waals surface area contributed by atoms with Gasteiger partial charge in [-0.15, -0.1) is 11.3 Å². The fourth-order valence-corrected chi connectivity index (χ4v) is 4.42. The van der Waals surface area contributed by atoms with Crippen LogP contribution in [0.3, 0.4) is 0 Å². The number of rotatable bonds is 4. The standard InChI is InChI=1S/C23H19FN2O4S/c1-12-13(2)31-23(25-12)26-19(16-6-4-5-7-17(16)24)18(21(28)22(26)29)20(27)14-8-10-15(30-3)11-9-14/h4-11,19,27H,1-3H3/b20-18+/t19-/m0/s1. The maximum Gasteiger partial charge on any atom is 0.301 e. The second-order valence-electron chi connectivity index (χ2n) is 7.06. The van der Waals surface area contributed by atoms with E-state index in [1.807, 2.05) is 6.92 Å². The van der Waals surface area contributed by atoms with Crippen molar-refractivity contribution in [3.05, 3.63) is 81.6 Å². The van der Waals surface area contributed by atoms with Gasteiger partial charge >= 0.3 is 5.91 Å². The quantitative estimate of drug-likeness (QED) is 0.368. The molecule has 2 aromatic carbocycles. The van der Waals surface area contributed by atoms with Crippen molar-refractivity contribution in [1.29, 1.82) is 0 Å². The highest BCUT2D eigenvalue weighted by Crippen LogP contribution is 2.44. The van der Waals surface area contributed by atoms with Crippen molar-refractivity contribution in [2.45, 2.75) is 19.9 Å². The third kappa shape index (κ3) is 3.48. The first-order valence-corrected chi connectivity index (χ1v) is 10.3. The molecule has 0 aliphatic carbocycles. The highest BCUT2D eigenvalue weighted by Gasteiger charge is 2.49. The number of aryl methyl sites for hydroxylation is 2. The minimum atomic E-state index is -1.15. The van der Waals surface area contributed by atoms with Gasteiger partial charge < -0.3 is 9.84 Å². The molecule has 0 saturated carbocycles. The van der Waals surface area contributed by atoms with Crippen LogP contribution in [0.5, 0.6) is 5.75 Å². The highest BCUT2D eigenvalue weighted by atomic mass is 32.1. The number of benzene rings is 2. The first kappa shape index (κ1) is 20.7. The predicted octanol–water partition coefficient (Wildman–Crippen LogP) is 4.53. The van der Waals surface area contributed by atoms with E-state index in [1.54, 1.807) is 37.3 Å². The SMILES string of the molecule is COc1ccc(/C(O)=C2\C(=O)C(=O)N(c3nc(C)c(C)s3)[C@H]2c2ccccc2F)cc1. The summed E-state index contributed by atoms with van der Waals surface area (Å²) in [7, 11) is 1.51. The molecule has 0 unspecified atom stereocenters. The molecule has 6 nitrogen and oxygen atoms in total. The van der Waals surface area contributed by atoms with Crippen molar-refractivity contribution in [2.24, 2.45) is 0 Å². The Bertz CT molecular complexity index is 1200. The van der Waals surface area contributed by atoms with Gasteiger partial charge in [0.1, 0.15) is 23.4 Å². The first-order valence-electron chi connectivity index (χ1n) is 9.47. The maximum atomic E-state index is 14.8.